The molecular weight excluding hydrogens is 311 g/mol. The third kappa shape index (κ3) is 4.34. The zero-order valence-corrected chi connectivity index (χ0v) is 12.7. The van der Waals surface area contributed by atoms with Crippen molar-refractivity contribution in [2.45, 2.75) is 31.9 Å². The molecule has 1 saturated heterocycles. The minimum absolute atomic E-state index is 0.00838. The van der Waals surface area contributed by atoms with Gasteiger partial charge in [-0.25, -0.2) is 0 Å². The van der Waals surface area contributed by atoms with Crippen molar-refractivity contribution in [3.05, 3.63) is 33.9 Å². The molecule has 0 spiro atoms. The molecule has 0 aromatic heterocycles. The summed E-state index contributed by atoms with van der Waals surface area (Å²) in [7, 11) is 0. The van der Waals surface area contributed by atoms with E-state index in [9.17, 15) is 23.3 Å². The molecule has 0 unspecified atom stereocenters. The Morgan fingerprint density at radius 2 is 1.96 bits per heavy atom. The lowest BCUT2D eigenvalue weighted by atomic mass is 9.95. The van der Waals surface area contributed by atoms with Gasteiger partial charge < -0.3 is 10.6 Å². The van der Waals surface area contributed by atoms with E-state index >= 15 is 0 Å². The Balaban J connectivity index is 2.17. The first kappa shape index (κ1) is 17.5. The third-order valence-corrected chi connectivity index (χ3v) is 4.22. The van der Waals surface area contributed by atoms with Crippen LogP contribution in [0.4, 0.5) is 24.5 Å². The van der Waals surface area contributed by atoms with E-state index in [1.54, 1.807) is 6.07 Å². The smallest absolute Gasteiger partial charge is 0.371 e. The maximum Gasteiger partial charge on any atom is 0.391 e. The summed E-state index contributed by atoms with van der Waals surface area (Å²) in [4.78, 5) is 12.3. The van der Waals surface area contributed by atoms with Gasteiger partial charge >= 0.3 is 6.18 Å². The van der Waals surface area contributed by atoms with Crippen molar-refractivity contribution >= 4 is 11.4 Å². The van der Waals surface area contributed by atoms with Crippen LogP contribution in [0.5, 0.6) is 0 Å². The summed E-state index contributed by atoms with van der Waals surface area (Å²) in [6, 6.07) is 4.54. The van der Waals surface area contributed by atoms with Gasteiger partial charge in [0, 0.05) is 30.9 Å². The van der Waals surface area contributed by atoms with E-state index in [4.69, 9.17) is 5.73 Å². The molecule has 128 valence electrons. The number of nitrogens with two attached hydrogens (primary N) is 1. The molecule has 2 N–H and O–H groups in total. The van der Waals surface area contributed by atoms with Crippen molar-refractivity contribution in [3.8, 4) is 0 Å². The average molecular weight is 331 g/mol. The second-order valence-electron chi connectivity index (χ2n) is 5.77. The van der Waals surface area contributed by atoms with E-state index in [-0.39, 0.29) is 18.5 Å². The van der Waals surface area contributed by atoms with Crippen molar-refractivity contribution in [2.75, 3.05) is 24.5 Å². The second-order valence-corrected chi connectivity index (χ2v) is 5.77. The maximum absolute atomic E-state index is 12.8. The number of hydrogen-bond donors (Lipinski definition) is 1. The van der Waals surface area contributed by atoms with Crippen LogP contribution in [0.3, 0.4) is 0 Å². The molecule has 0 aliphatic carbocycles. The van der Waals surface area contributed by atoms with Gasteiger partial charge in [-0.1, -0.05) is 0 Å². The van der Waals surface area contributed by atoms with Crippen LogP contribution in [-0.4, -0.2) is 30.7 Å². The molecule has 0 radical (unpaired) electrons. The molecular formula is C15H20F3N3O2. The van der Waals surface area contributed by atoms with E-state index in [0.29, 0.717) is 32.5 Å². The first-order valence-corrected chi connectivity index (χ1v) is 7.62. The van der Waals surface area contributed by atoms with Crippen LogP contribution in [0.25, 0.3) is 0 Å². The molecule has 0 atom stereocenters. The van der Waals surface area contributed by atoms with Gasteiger partial charge in [0.1, 0.15) is 0 Å². The largest absolute Gasteiger partial charge is 0.391 e. The van der Waals surface area contributed by atoms with Gasteiger partial charge in [-0.15, -0.1) is 0 Å². The Kier molecular flexibility index (Phi) is 5.46. The molecule has 1 fully saturated rings. The van der Waals surface area contributed by atoms with E-state index in [1.165, 1.54) is 12.1 Å². The summed E-state index contributed by atoms with van der Waals surface area (Å²) in [5, 5.41) is 10.9. The number of anilines is 1. The molecule has 1 aliphatic heterocycles. The highest BCUT2D eigenvalue weighted by molar-refractivity contribution is 5.58. The first-order valence-electron chi connectivity index (χ1n) is 7.62. The number of alkyl halides is 3. The highest BCUT2D eigenvalue weighted by atomic mass is 19.4. The van der Waals surface area contributed by atoms with Gasteiger partial charge in [0.2, 0.25) is 0 Å². The highest BCUT2D eigenvalue weighted by Gasteiger charge is 2.41. The van der Waals surface area contributed by atoms with Gasteiger partial charge in [0.15, 0.2) is 0 Å². The van der Waals surface area contributed by atoms with Gasteiger partial charge in [0.25, 0.3) is 5.69 Å². The number of hydrogen-bond acceptors (Lipinski definition) is 4. The Morgan fingerprint density at radius 3 is 2.48 bits per heavy atom. The predicted octanol–water partition coefficient (Wildman–Crippen LogP) is 3.26. The average Bonchev–Trinajstić information content (AvgIpc) is 2.52. The quantitative estimate of drug-likeness (QED) is 0.664. The fourth-order valence-electron chi connectivity index (χ4n) is 2.93. The Bertz CT molecular complexity index is 555. The van der Waals surface area contributed by atoms with Crippen molar-refractivity contribution in [1.29, 1.82) is 0 Å². The summed E-state index contributed by atoms with van der Waals surface area (Å²) < 4.78 is 38.3. The number of piperidine rings is 1. The monoisotopic (exact) mass is 331 g/mol. The van der Waals surface area contributed by atoms with Crippen LogP contribution in [0, 0.1) is 16.0 Å². The molecule has 0 amide bonds. The standard InChI is InChI=1S/C15H20F3N3O2/c16-15(17,18)12-5-8-20(9-6-12)14-4-3-13(21(22)23)10-11(14)2-1-7-19/h3-4,10,12H,1-2,5-9,19H2. The van der Waals surface area contributed by atoms with Gasteiger partial charge in [0.05, 0.1) is 10.8 Å². The third-order valence-electron chi connectivity index (χ3n) is 4.22. The first-order chi connectivity index (χ1) is 10.8. The number of non-ortho nitro benzene ring substituents is 1. The normalized spacial score (nSPS) is 16.6. The summed E-state index contributed by atoms with van der Waals surface area (Å²) in [5.41, 5.74) is 7.04. The van der Waals surface area contributed by atoms with Crippen LogP contribution in [-0.2, 0) is 6.42 Å². The maximum atomic E-state index is 12.8. The highest BCUT2D eigenvalue weighted by Crippen LogP contribution is 2.36. The zero-order chi connectivity index (χ0) is 17.0. The fraction of sp³-hybridized carbons (Fsp3) is 0.600. The van der Waals surface area contributed by atoms with Crippen molar-refractivity contribution < 1.29 is 18.1 Å². The molecule has 5 nitrogen and oxygen atoms in total. The topological polar surface area (TPSA) is 72.4 Å². The summed E-state index contributed by atoms with van der Waals surface area (Å²) in [6.45, 7) is 1.06. The minimum Gasteiger partial charge on any atom is -0.371 e. The van der Waals surface area contributed by atoms with Crippen LogP contribution >= 0.6 is 0 Å². The molecule has 0 saturated carbocycles. The number of aryl methyl sites for hydroxylation is 1. The SMILES string of the molecule is NCCCc1cc([N+](=O)[O-])ccc1N1CCC(C(F)(F)F)CC1. The Labute approximate surface area is 132 Å². The second kappa shape index (κ2) is 7.16. The van der Waals surface area contributed by atoms with E-state index in [0.717, 1.165) is 11.3 Å². The summed E-state index contributed by atoms with van der Waals surface area (Å²) in [6.07, 6.45) is -2.79. The lowest BCUT2D eigenvalue weighted by molar-refractivity contribution is -0.384. The van der Waals surface area contributed by atoms with Crippen LogP contribution < -0.4 is 10.6 Å². The van der Waals surface area contributed by atoms with Gasteiger partial charge in [-0.3, -0.25) is 10.1 Å². The summed E-state index contributed by atoms with van der Waals surface area (Å²) in [5.74, 6) is -1.26. The number of nitrogens with zero attached hydrogens (tertiary/aromatic N) is 2. The molecule has 1 aromatic carbocycles. The molecule has 8 heteroatoms. The zero-order valence-electron chi connectivity index (χ0n) is 12.7. The molecule has 1 heterocycles. The lowest BCUT2D eigenvalue weighted by Crippen LogP contribution is -2.39. The Morgan fingerprint density at radius 1 is 1.30 bits per heavy atom. The number of halogens is 3. The van der Waals surface area contributed by atoms with Crippen LogP contribution in [0.15, 0.2) is 18.2 Å². The van der Waals surface area contributed by atoms with Gasteiger partial charge in [-0.05, 0) is 43.9 Å². The van der Waals surface area contributed by atoms with E-state index in [1.807, 2.05) is 4.90 Å². The summed E-state index contributed by atoms with van der Waals surface area (Å²) >= 11 is 0. The number of nitro benzene ring substituents is 1. The molecule has 2 rings (SSSR count). The number of benzene rings is 1. The van der Waals surface area contributed by atoms with Crippen LogP contribution in [0.2, 0.25) is 0 Å². The number of rotatable bonds is 5. The lowest BCUT2D eigenvalue weighted by Gasteiger charge is -2.35. The van der Waals surface area contributed by atoms with Gasteiger partial charge in [-0.2, -0.15) is 13.2 Å². The fourth-order valence-corrected chi connectivity index (χ4v) is 2.93. The minimum atomic E-state index is -4.15. The molecule has 1 aliphatic rings. The van der Waals surface area contributed by atoms with Crippen LogP contribution in [0.1, 0.15) is 24.8 Å². The van der Waals surface area contributed by atoms with Crippen molar-refractivity contribution in [2.24, 2.45) is 11.7 Å². The predicted molar refractivity (Wildman–Crippen MR) is 81.5 cm³/mol. The van der Waals surface area contributed by atoms with Crippen molar-refractivity contribution in [1.82, 2.24) is 0 Å². The molecule has 0 bridgehead atoms. The Hall–Kier alpha value is -1.83. The van der Waals surface area contributed by atoms with E-state index < -0.39 is 17.0 Å². The van der Waals surface area contributed by atoms with Crippen molar-refractivity contribution in [3.63, 3.8) is 0 Å². The molecule has 1 aromatic rings. The van der Waals surface area contributed by atoms with E-state index in [2.05, 4.69) is 0 Å². The number of nitro groups is 1. The molecule has 23 heavy (non-hydrogen) atoms.